The highest BCUT2D eigenvalue weighted by molar-refractivity contribution is 7.91. The molecular formula is C18H22Cl2N6O5S. The Kier molecular flexibility index (Phi) is 7.99. The van der Waals surface area contributed by atoms with Crippen molar-refractivity contribution >= 4 is 50.8 Å². The van der Waals surface area contributed by atoms with Gasteiger partial charge in [0.25, 0.3) is 5.56 Å². The molecule has 0 aliphatic heterocycles. The molecule has 2 atom stereocenters. The van der Waals surface area contributed by atoms with E-state index in [1.54, 1.807) is 6.92 Å². The predicted molar refractivity (Wildman–Crippen MR) is 123 cm³/mol. The maximum atomic E-state index is 13.1. The summed E-state index contributed by atoms with van der Waals surface area (Å²) in [5.74, 6) is -1.78. The summed E-state index contributed by atoms with van der Waals surface area (Å²) in [5, 5.41) is 3.84. The number of oxime groups is 1. The maximum absolute atomic E-state index is 13.1. The number of hydrogen-bond donors (Lipinski definition) is 4. The second kappa shape index (κ2) is 10.1. The van der Waals surface area contributed by atoms with Gasteiger partial charge in [-0.25, -0.2) is 8.42 Å². The number of carbonyl (C=O) groups excluding carboxylic acids is 1. The van der Waals surface area contributed by atoms with Crippen LogP contribution in [0, 0.1) is 6.92 Å². The number of nitrogens with two attached hydrogens (primary N) is 3. The molecule has 32 heavy (non-hydrogen) atoms. The number of sulfonamides is 1. The molecule has 2 unspecified atom stereocenters. The van der Waals surface area contributed by atoms with Gasteiger partial charge in [-0.3, -0.25) is 18.9 Å². The van der Waals surface area contributed by atoms with Crippen molar-refractivity contribution in [3.8, 4) is 0 Å². The largest absolute Gasteiger partial charge is 0.387 e. The molecule has 2 rings (SSSR count). The fourth-order valence-corrected chi connectivity index (χ4v) is 4.39. The highest BCUT2D eigenvalue weighted by atomic mass is 35.5. The number of benzene rings is 1. The Labute approximate surface area is 194 Å². The molecule has 0 fully saturated rings. The van der Waals surface area contributed by atoms with E-state index in [1.807, 2.05) is 0 Å². The minimum atomic E-state index is -4.02. The first-order valence-electron chi connectivity index (χ1n) is 9.03. The topological polar surface area (TPSA) is 185 Å². The van der Waals surface area contributed by atoms with Gasteiger partial charge in [0.2, 0.25) is 21.9 Å². The van der Waals surface area contributed by atoms with E-state index >= 15 is 0 Å². The van der Waals surface area contributed by atoms with Gasteiger partial charge >= 0.3 is 0 Å². The van der Waals surface area contributed by atoms with Crippen molar-refractivity contribution < 1.29 is 18.0 Å². The second-order valence-corrected chi connectivity index (χ2v) is 9.38. The summed E-state index contributed by atoms with van der Waals surface area (Å²) in [6.07, 6.45) is -1.05. The van der Waals surface area contributed by atoms with Gasteiger partial charge in [0.05, 0.1) is 15.8 Å². The quantitative estimate of drug-likeness (QED) is 0.223. The zero-order chi connectivity index (χ0) is 24.2. The summed E-state index contributed by atoms with van der Waals surface area (Å²) in [5.41, 5.74) is 15.5. The summed E-state index contributed by atoms with van der Waals surface area (Å²) in [7, 11) is -4.02. The number of anilines is 1. The van der Waals surface area contributed by atoms with Crippen LogP contribution in [0.5, 0.6) is 0 Å². The Hall–Kier alpha value is -2.96. The highest BCUT2D eigenvalue weighted by Gasteiger charge is 2.30. The number of nitrogens with one attached hydrogen (secondary N) is 1. The molecular weight excluding hydrogens is 483 g/mol. The van der Waals surface area contributed by atoms with Crippen LogP contribution in [-0.4, -0.2) is 31.0 Å². The molecule has 1 heterocycles. The highest BCUT2D eigenvalue weighted by Crippen LogP contribution is 2.24. The molecule has 0 saturated carbocycles. The Balaban J connectivity index is 2.41. The van der Waals surface area contributed by atoms with E-state index in [0.717, 1.165) is 4.57 Å². The number of pyridine rings is 1. The summed E-state index contributed by atoms with van der Waals surface area (Å²) in [6.45, 7) is 2.97. The SMILES string of the molecule is Cc1ccc(NS(=O)(=O)Cc2ccc(Cl)c(Cl)c2)c(=O)n1C(C(N)=O)C(C)ON=C(N)N. The number of hydrogen-bond acceptors (Lipinski definition) is 6. The third-order valence-electron chi connectivity index (χ3n) is 4.27. The molecule has 0 bridgehead atoms. The first-order chi connectivity index (χ1) is 14.8. The van der Waals surface area contributed by atoms with E-state index in [9.17, 15) is 18.0 Å². The molecule has 0 aliphatic carbocycles. The summed E-state index contributed by atoms with van der Waals surface area (Å²) in [4.78, 5) is 30.2. The minimum absolute atomic E-state index is 0.191. The predicted octanol–water partition coefficient (Wildman–Crippen LogP) is 1.03. The average molecular weight is 505 g/mol. The Morgan fingerprint density at radius 3 is 2.41 bits per heavy atom. The lowest BCUT2D eigenvalue weighted by Gasteiger charge is -2.24. The van der Waals surface area contributed by atoms with Gasteiger partial charge in [0, 0.05) is 5.69 Å². The normalized spacial score (nSPS) is 13.1. The van der Waals surface area contributed by atoms with Crippen molar-refractivity contribution in [3.05, 3.63) is 62.0 Å². The zero-order valence-electron chi connectivity index (χ0n) is 17.1. The molecule has 1 aromatic heterocycles. The number of nitrogens with zero attached hydrogens (tertiary/aromatic N) is 2. The van der Waals surface area contributed by atoms with E-state index in [4.69, 9.17) is 45.2 Å². The van der Waals surface area contributed by atoms with Crippen molar-refractivity contribution in [2.24, 2.45) is 22.4 Å². The van der Waals surface area contributed by atoms with Gasteiger partial charge < -0.3 is 22.0 Å². The lowest BCUT2D eigenvalue weighted by molar-refractivity contribution is -0.125. The van der Waals surface area contributed by atoms with Gasteiger partial charge in [-0.2, -0.15) is 0 Å². The van der Waals surface area contributed by atoms with Gasteiger partial charge in [-0.15, -0.1) is 0 Å². The first-order valence-corrected chi connectivity index (χ1v) is 11.4. The summed E-state index contributed by atoms with van der Waals surface area (Å²) in [6, 6.07) is 5.75. The Morgan fingerprint density at radius 1 is 1.19 bits per heavy atom. The molecule has 1 aromatic carbocycles. The van der Waals surface area contributed by atoms with Crippen LogP contribution in [0.4, 0.5) is 5.69 Å². The molecule has 0 spiro atoms. The number of guanidine groups is 1. The van der Waals surface area contributed by atoms with Crippen LogP contribution >= 0.6 is 23.2 Å². The monoisotopic (exact) mass is 504 g/mol. The number of rotatable bonds is 9. The number of carbonyl (C=O) groups is 1. The van der Waals surface area contributed by atoms with Crippen molar-refractivity contribution in [2.75, 3.05) is 4.72 Å². The molecule has 7 N–H and O–H groups in total. The molecule has 11 nitrogen and oxygen atoms in total. The van der Waals surface area contributed by atoms with Crippen molar-refractivity contribution in [1.29, 1.82) is 0 Å². The zero-order valence-corrected chi connectivity index (χ0v) is 19.4. The molecule has 0 aliphatic rings. The number of amides is 1. The number of aryl methyl sites for hydroxylation is 1. The van der Waals surface area contributed by atoms with Crippen LogP contribution in [0.25, 0.3) is 0 Å². The third kappa shape index (κ3) is 6.28. The molecule has 0 saturated heterocycles. The lowest BCUT2D eigenvalue weighted by Crippen LogP contribution is -2.42. The van der Waals surface area contributed by atoms with Crippen LogP contribution in [0.2, 0.25) is 10.0 Å². The molecule has 0 radical (unpaired) electrons. The Bertz CT molecular complexity index is 1210. The average Bonchev–Trinajstić information content (AvgIpc) is 2.67. The van der Waals surface area contributed by atoms with Crippen LogP contribution in [0.3, 0.4) is 0 Å². The molecule has 2 aromatic rings. The van der Waals surface area contributed by atoms with E-state index < -0.39 is 45.3 Å². The van der Waals surface area contributed by atoms with E-state index in [2.05, 4.69) is 9.88 Å². The third-order valence-corrected chi connectivity index (χ3v) is 6.25. The van der Waals surface area contributed by atoms with Crippen molar-refractivity contribution in [2.45, 2.75) is 31.7 Å². The van der Waals surface area contributed by atoms with E-state index in [-0.39, 0.29) is 15.7 Å². The number of halogens is 2. The van der Waals surface area contributed by atoms with E-state index in [1.165, 1.54) is 37.3 Å². The first kappa shape index (κ1) is 25.3. The van der Waals surface area contributed by atoms with Gasteiger partial charge in [0.1, 0.15) is 5.69 Å². The summed E-state index contributed by atoms with van der Waals surface area (Å²) < 4.78 is 28.5. The lowest BCUT2D eigenvalue weighted by atomic mass is 10.1. The maximum Gasteiger partial charge on any atom is 0.275 e. The van der Waals surface area contributed by atoms with E-state index in [0.29, 0.717) is 11.3 Å². The Morgan fingerprint density at radius 2 is 1.84 bits per heavy atom. The minimum Gasteiger partial charge on any atom is -0.387 e. The summed E-state index contributed by atoms with van der Waals surface area (Å²) >= 11 is 11.8. The van der Waals surface area contributed by atoms with Crippen LogP contribution in [0.1, 0.15) is 24.2 Å². The van der Waals surface area contributed by atoms with Gasteiger partial charge in [-0.05, 0) is 48.8 Å². The van der Waals surface area contributed by atoms with Crippen molar-refractivity contribution in [3.63, 3.8) is 0 Å². The van der Waals surface area contributed by atoms with Crippen molar-refractivity contribution in [1.82, 2.24) is 4.57 Å². The molecule has 174 valence electrons. The molecule has 1 amide bonds. The van der Waals surface area contributed by atoms with Gasteiger partial charge in [-0.1, -0.05) is 29.3 Å². The molecule has 14 heteroatoms. The fourth-order valence-electron chi connectivity index (χ4n) is 2.89. The van der Waals surface area contributed by atoms with Gasteiger partial charge in [0.15, 0.2) is 12.1 Å². The number of primary amides is 1. The van der Waals surface area contributed by atoms with Crippen LogP contribution < -0.4 is 27.5 Å². The second-order valence-electron chi connectivity index (χ2n) is 6.85. The standard InChI is InChI=1S/C18H22Cl2N6O5S/c1-9-3-6-14(25-32(29,30)8-11-4-5-12(19)13(20)7-11)17(28)26(9)15(16(21)27)10(2)31-24-18(22)23/h3-7,10,15,25H,8H2,1-2H3,(H2,21,27)(H4,22,23,24). The fraction of sp³-hybridized carbons (Fsp3) is 0.278. The smallest absolute Gasteiger partial charge is 0.275 e. The number of aromatic nitrogens is 1. The van der Waals surface area contributed by atoms with Crippen LogP contribution in [-0.2, 0) is 25.4 Å². The van der Waals surface area contributed by atoms with Crippen LogP contribution in [0.15, 0.2) is 40.3 Å².